The van der Waals surface area contributed by atoms with Gasteiger partial charge in [-0.2, -0.15) is 4.98 Å². The van der Waals surface area contributed by atoms with Gasteiger partial charge in [0.2, 0.25) is 5.89 Å². The molecular weight excluding hydrogens is 190 g/mol. The number of nitrogens with zero attached hydrogens (tertiary/aromatic N) is 2. The highest BCUT2D eigenvalue weighted by atomic mass is 16.5. The lowest BCUT2D eigenvalue weighted by Crippen LogP contribution is -2.38. The summed E-state index contributed by atoms with van der Waals surface area (Å²) < 4.78 is 4.56. The zero-order chi connectivity index (χ0) is 10.7. The quantitative estimate of drug-likeness (QED) is 0.684. The molecule has 1 amide bonds. The second kappa shape index (κ2) is 3.86. The third kappa shape index (κ3) is 2.28. The van der Waals surface area contributed by atoms with Crippen molar-refractivity contribution >= 4 is 11.9 Å². The SMILES string of the molecule is Cc1nc(C(=O)N[C@H](C)C(=O)O)no1. The number of aromatic nitrogens is 2. The maximum absolute atomic E-state index is 11.2. The molecule has 0 fully saturated rings. The third-order valence-corrected chi connectivity index (χ3v) is 1.45. The lowest BCUT2D eigenvalue weighted by Gasteiger charge is -2.05. The van der Waals surface area contributed by atoms with Crippen molar-refractivity contribution in [2.24, 2.45) is 0 Å². The number of amides is 1. The number of carboxylic acids is 1. The van der Waals surface area contributed by atoms with Gasteiger partial charge in [-0.15, -0.1) is 0 Å². The number of carbonyl (C=O) groups is 2. The number of carboxylic acid groups (broad SMARTS) is 1. The van der Waals surface area contributed by atoms with Crippen LogP contribution in [0.5, 0.6) is 0 Å². The molecule has 0 bridgehead atoms. The maximum atomic E-state index is 11.2. The fraction of sp³-hybridized carbons (Fsp3) is 0.429. The molecule has 76 valence electrons. The summed E-state index contributed by atoms with van der Waals surface area (Å²) in [7, 11) is 0. The van der Waals surface area contributed by atoms with Gasteiger partial charge < -0.3 is 14.9 Å². The van der Waals surface area contributed by atoms with E-state index in [2.05, 4.69) is 20.0 Å². The van der Waals surface area contributed by atoms with Crippen LogP contribution in [0.25, 0.3) is 0 Å². The van der Waals surface area contributed by atoms with Gasteiger partial charge in [-0.25, -0.2) is 0 Å². The molecule has 0 saturated carbocycles. The Morgan fingerprint density at radius 2 is 2.21 bits per heavy atom. The van der Waals surface area contributed by atoms with Gasteiger partial charge in [0, 0.05) is 6.92 Å². The summed E-state index contributed by atoms with van der Waals surface area (Å²) in [6.07, 6.45) is 0. The molecule has 0 aliphatic rings. The Bertz CT molecular complexity index is 360. The number of aliphatic carboxylic acids is 1. The van der Waals surface area contributed by atoms with Crippen molar-refractivity contribution < 1.29 is 19.2 Å². The zero-order valence-electron chi connectivity index (χ0n) is 7.64. The highest BCUT2D eigenvalue weighted by Gasteiger charge is 2.18. The van der Waals surface area contributed by atoms with Crippen LogP contribution in [0.2, 0.25) is 0 Å². The molecule has 1 aromatic rings. The molecule has 0 aromatic carbocycles. The predicted octanol–water partition coefficient (Wildman–Crippen LogP) is -0.419. The van der Waals surface area contributed by atoms with Crippen molar-refractivity contribution in [3.05, 3.63) is 11.7 Å². The number of rotatable bonds is 3. The lowest BCUT2D eigenvalue weighted by molar-refractivity contribution is -0.138. The Kier molecular flexibility index (Phi) is 2.80. The van der Waals surface area contributed by atoms with Gasteiger partial charge in [-0.05, 0) is 6.92 Å². The first kappa shape index (κ1) is 10.2. The number of hydrogen-bond acceptors (Lipinski definition) is 5. The molecule has 1 heterocycles. The van der Waals surface area contributed by atoms with Gasteiger partial charge in [0.05, 0.1) is 0 Å². The molecule has 0 radical (unpaired) electrons. The van der Waals surface area contributed by atoms with Crippen LogP contribution in [0.15, 0.2) is 4.52 Å². The van der Waals surface area contributed by atoms with E-state index in [1.165, 1.54) is 13.8 Å². The average molecular weight is 199 g/mol. The van der Waals surface area contributed by atoms with E-state index in [0.717, 1.165) is 0 Å². The van der Waals surface area contributed by atoms with Gasteiger partial charge >= 0.3 is 5.97 Å². The van der Waals surface area contributed by atoms with Crippen LogP contribution >= 0.6 is 0 Å². The second-order valence-corrected chi connectivity index (χ2v) is 2.67. The van der Waals surface area contributed by atoms with Gasteiger partial charge in [0.25, 0.3) is 11.7 Å². The van der Waals surface area contributed by atoms with E-state index < -0.39 is 17.9 Å². The lowest BCUT2D eigenvalue weighted by atomic mass is 10.3. The van der Waals surface area contributed by atoms with Gasteiger partial charge in [0.15, 0.2) is 0 Å². The average Bonchev–Trinajstić information content (AvgIpc) is 2.51. The maximum Gasteiger partial charge on any atom is 0.325 e. The van der Waals surface area contributed by atoms with E-state index >= 15 is 0 Å². The predicted molar refractivity (Wildman–Crippen MR) is 43.6 cm³/mol. The molecule has 0 aliphatic carbocycles. The first-order valence-electron chi connectivity index (χ1n) is 3.84. The summed E-state index contributed by atoms with van der Waals surface area (Å²) in [6, 6.07) is -0.985. The summed E-state index contributed by atoms with van der Waals surface area (Å²) >= 11 is 0. The smallest absolute Gasteiger partial charge is 0.325 e. The van der Waals surface area contributed by atoms with Crippen LogP contribution in [0.3, 0.4) is 0 Å². The standard InChI is InChI=1S/C7H9N3O4/c1-3(7(12)13)8-6(11)5-9-4(2)14-10-5/h3H,1-2H3,(H,8,11)(H,12,13)/t3-/m1/s1. The van der Waals surface area contributed by atoms with E-state index in [1.54, 1.807) is 0 Å². The molecule has 0 aliphatic heterocycles. The van der Waals surface area contributed by atoms with Crippen LogP contribution in [0, 0.1) is 6.92 Å². The van der Waals surface area contributed by atoms with E-state index in [0.29, 0.717) is 0 Å². The molecule has 2 N–H and O–H groups in total. The fourth-order valence-electron chi connectivity index (χ4n) is 0.714. The first-order valence-corrected chi connectivity index (χ1v) is 3.84. The van der Waals surface area contributed by atoms with Crippen molar-refractivity contribution in [2.45, 2.75) is 19.9 Å². The van der Waals surface area contributed by atoms with Crippen molar-refractivity contribution in [3.8, 4) is 0 Å². The Labute approximate surface area is 79.1 Å². The summed E-state index contributed by atoms with van der Waals surface area (Å²) in [5, 5.41) is 14.0. The summed E-state index contributed by atoms with van der Waals surface area (Å²) in [5.41, 5.74) is 0. The van der Waals surface area contributed by atoms with Crippen LogP contribution in [-0.2, 0) is 4.79 Å². The second-order valence-electron chi connectivity index (χ2n) is 2.67. The summed E-state index contributed by atoms with van der Waals surface area (Å²) in [5.74, 6) is -1.72. The summed E-state index contributed by atoms with van der Waals surface area (Å²) in [6.45, 7) is 2.87. The van der Waals surface area contributed by atoms with Crippen LogP contribution in [-0.4, -0.2) is 33.2 Å². The van der Waals surface area contributed by atoms with Gasteiger partial charge in [-0.1, -0.05) is 5.16 Å². The van der Waals surface area contributed by atoms with E-state index in [1.807, 2.05) is 0 Å². The Hall–Kier alpha value is -1.92. The molecule has 1 rings (SSSR count). The molecule has 7 nitrogen and oxygen atoms in total. The van der Waals surface area contributed by atoms with Gasteiger partial charge in [-0.3, -0.25) is 9.59 Å². The Morgan fingerprint density at radius 3 is 2.64 bits per heavy atom. The van der Waals surface area contributed by atoms with Crippen LogP contribution < -0.4 is 5.32 Å². The van der Waals surface area contributed by atoms with Crippen molar-refractivity contribution in [3.63, 3.8) is 0 Å². The van der Waals surface area contributed by atoms with E-state index in [9.17, 15) is 9.59 Å². The number of carbonyl (C=O) groups excluding carboxylic acids is 1. The number of hydrogen-bond donors (Lipinski definition) is 2. The van der Waals surface area contributed by atoms with Crippen molar-refractivity contribution in [2.75, 3.05) is 0 Å². The number of nitrogens with one attached hydrogen (secondary N) is 1. The normalized spacial score (nSPS) is 12.1. The summed E-state index contributed by atoms with van der Waals surface area (Å²) in [4.78, 5) is 25.2. The molecular formula is C7H9N3O4. The van der Waals surface area contributed by atoms with Crippen molar-refractivity contribution in [1.29, 1.82) is 0 Å². The highest BCUT2D eigenvalue weighted by Crippen LogP contribution is 1.95. The zero-order valence-corrected chi connectivity index (χ0v) is 7.64. The molecule has 1 atom stereocenters. The van der Waals surface area contributed by atoms with Crippen molar-refractivity contribution in [1.82, 2.24) is 15.5 Å². The minimum atomic E-state index is -1.13. The topological polar surface area (TPSA) is 105 Å². The Balaban J connectivity index is 2.63. The van der Waals surface area contributed by atoms with Crippen LogP contribution in [0.4, 0.5) is 0 Å². The molecule has 0 spiro atoms. The minimum absolute atomic E-state index is 0.171. The molecule has 14 heavy (non-hydrogen) atoms. The third-order valence-electron chi connectivity index (χ3n) is 1.45. The van der Waals surface area contributed by atoms with E-state index in [4.69, 9.17) is 5.11 Å². The monoisotopic (exact) mass is 199 g/mol. The largest absolute Gasteiger partial charge is 0.480 e. The molecule has 0 unspecified atom stereocenters. The highest BCUT2D eigenvalue weighted by molar-refractivity contribution is 5.93. The fourth-order valence-corrected chi connectivity index (χ4v) is 0.714. The van der Waals surface area contributed by atoms with Crippen LogP contribution in [0.1, 0.15) is 23.4 Å². The van der Waals surface area contributed by atoms with E-state index in [-0.39, 0.29) is 11.7 Å². The minimum Gasteiger partial charge on any atom is -0.480 e. The first-order chi connectivity index (χ1) is 6.50. The number of aryl methyl sites for hydroxylation is 1. The molecule has 1 aromatic heterocycles. The molecule has 7 heteroatoms. The molecule has 0 saturated heterocycles. The Morgan fingerprint density at radius 1 is 1.57 bits per heavy atom. The van der Waals surface area contributed by atoms with Gasteiger partial charge in [0.1, 0.15) is 6.04 Å².